The fourth-order valence-corrected chi connectivity index (χ4v) is 3.44. The van der Waals surface area contributed by atoms with Crippen LogP contribution in [-0.4, -0.2) is 28.9 Å². The first kappa shape index (κ1) is 15.2. The fraction of sp³-hybridized carbons (Fsp3) is 0.333. The number of rotatable bonds is 2. The van der Waals surface area contributed by atoms with E-state index in [1.54, 1.807) is 18.3 Å². The summed E-state index contributed by atoms with van der Waals surface area (Å²) in [5.41, 5.74) is 2.10. The molecule has 4 heteroatoms. The molecule has 0 aliphatic carbocycles. The summed E-state index contributed by atoms with van der Waals surface area (Å²) in [4.78, 5) is 18.7. The van der Waals surface area contributed by atoms with E-state index in [1.807, 2.05) is 4.90 Å². The van der Waals surface area contributed by atoms with Crippen LogP contribution in [0.1, 0.15) is 41.1 Å². The van der Waals surface area contributed by atoms with Crippen molar-refractivity contribution >= 4 is 21.8 Å². The molecule has 0 radical (unpaired) electrons. The molecular weight excluding hydrogens is 340 g/mol. The molecule has 2 heterocycles. The van der Waals surface area contributed by atoms with E-state index in [4.69, 9.17) is 0 Å². The maximum atomic E-state index is 12.6. The number of pyridine rings is 1. The van der Waals surface area contributed by atoms with Crippen molar-refractivity contribution in [3.05, 3.63) is 64.4 Å². The smallest absolute Gasteiger partial charge is 0.254 e. The van der Waals surface area contributed by atoms with Gasteiger partial charge in [0.1, 0.15) is 4.60 Å². The number of likely N-dealkylation sites (tertiary alicyclic amines) is 1. The molecule has 2 aromatic rings. The SMILES string of the molecule is O=C(c1ccnc(Br)c1)N1CCC[C@@H](c2ccccc2)CC1. The Morgan fingerprint density at radius 3 is 2.73 bits per heavy atom. The van der Waals surface area contributed by atoms with E-state index in [-0.39, 0.29) is 5.91 Å². The van der Waals surface area contributed by atoms with Crippen molar-refractivity contribution in [2.75, 3.05) is 13.1 Å². The topological polar surface area (TPSA) is 33.2 Å². The number of carbonyl (C=O) groups is 1. The Bertz CT molecular complexity index is 645. The summed E-state index contributed by atoms with van der Waals surface area (Å²) >= 11 is 3.33. The van der Waals surface area contributed by atoms with Crippen LogP contribution < -0.4 is 0 Å². The highest BCUT2D eigenvalue weighted by molar-refractivity contribution is 9.10. The maximum absolute atomic E-state index is 12.6. The molecule has 0 N–H and O–H groups in total. The van der Waals surface area contributed by atoms with Gasteiger partial charge in [0.2, 0.25) is 0 Å². The van der Waals surface area contributed by atoms with Crippen LogP contribution in [0.2, 0.25) is 0 Å². The van der Waals surface area contributed by atoms with Gasteiger partial charge in [-0.2, -0.15) is 0 Å². The Morgan fingerprint density at radius 2 is 1.95 bits per heavy atom. The van der Waals surface area contributed by atoms with Crippen LogP contribution in [0.25, 0.3) is 0 Å². The molecule has 1 fully saturated rings. The monoisotopic (exact) mass is 358 g/mol. The van der Waals surface area contributed by atoms with Gasteiger partial charge >= 0.3 is 0 Å². The third-order valence-electron chi connectivity index (χ3n) is 4.26. The van der Waals surface area contributed by atoms with Gasteiger partial charge in [0.05, 0.1) is 0 Å². The Balaban J connectivity index is 1.69. The van der Waals surface area contributed by atoms with E-state index < -0.39 is 0 Å². The summed E-state index contributed by atoms with van der Waals surface area (Å²) in [5.74, 6) is 0.667. The summed E-state index contributed by atoms with van der Waals surface area (Å²) in [6.45, 7) is 1.65. The first-order valence-electron chi connectivity index (χ1n) is 7.70. The second kappa shape index (κ2) is 7.05. The quantitative estimate of drug-likeness (QED) is 0.751. The molecule has 3 nitrogen and oxygen atoms in total. The van der Waals surface area contributed by atoms with E-state index >= 15 is 0 Å². The minimum absolute atomic E-state index is 0.108. The largest absolute Gasteiger partial charge is 0.339 e. The molecular formula is C18H19BrN2O. The van der Waals surface area contributed by atoms with E-state index in [0.29, 0.717) is 16.1 Å². The number of carbonyl (C=O) groups excluding carboxylic acids is 1. The molecule has 1 aromatic carbocycles. The summed E-state index contributed by atoms with van der Waals surface area (Å²) in [5, 5.41) is 0. The van der Waals surface area contributed by atoms with E-state index in [9.17, 15) is 4.79 Å². The second-order valence-electron chi connectivity index (χ2n) is 5.70. The van der Waals surface area contributed by atoms with Crippen LogP contribution in [0, 0.1) is 0 Å². The Kier molecular flexibility index (Phi) is 4.88. The number of halogens is 1. The molecule has 0 unspecified atom stereocenters. The molecule has 3 rings (SSSR count). The summed E-state index contributed by atoms with van der Waals surface area (Å²) in [6, 6.07) is 14.2. The number of hydrogen-bond acceptors (Lipinski definition) is 2. The first-order chi connectivity index (χ1) is 10.7. The molecule has 22 heavy (non-hydrogen) atoms. The number of amides is 1. The van der Waals surface area contributed by atoms with Crippen molar-refractivity contribution in [1.82, 2.24) is 9.88 Å². The third-order valence-corrected chi connectivity index (χ3v) is 4.69. The molecule has 1 aromatic heterocycles. The normalized spacial score (nSPS) is 18.8. The molecule has 1 aliphatic rings. The average molecular weight is 359 g/mol. The minimum Gasteiger partial charge on any atom is -0.339 e. The van der Waals surface area contributed by atoms with Gasteiger partial charge in [0.25, 0.3) is 5.91 Å². The summed E-state index contributed by atoms with van der Waals surface area (Å²) in [7, 11) is 0. The van der Waals surface area contributed by atoms with Crippen molar-refractivity contribution in [3.63, 3.8) is 0 Å². The Morgan fingerprint density at radius 1 is 1.14 bits per heavy atom. The minimum atomic E-state index is 0.108. The fourth-order valence-electron chi connectivity index (χ4n) is 3.08. The summed E-state index contributed by atoms with van der Waals surface area (Å²) in [6.07, 6.45) is 4.90. The Labute approximate surface area is 139 Å². The van der Waals surface area contributed by atoms with Crippen molar-refractivity contribution in [1.29, 1.82) is 0 Å². The van der Waals surface area contributed by atoms with Crippen LogP contribution in [0.15, 0.2) is 53.3 Å². The van der Waals surface area contributed by atoms with E-state index in [2.05, 4.69) is 51.2 Å². The predicted octanol–water partition coefficient (Wildman–Crippen LogP) is 4.25. The number of nitrogens with zero attached hydrogens (tertiary/aromatic N) is 2. The Hall–Kier alpha value is -1.68. The average Bonchev–Trinajstić information content (AvgIpc) is 2.81. The molecule has 1 saturated heterocycles. The van der Waals surface area contributed by atoms with E-state index in [0.717, 1.165) is 32.4 Å². The highest BCUT2D eigenvalue weighted by atomic mass is 79.9. The zero-order chi connectivity index (χ0) is 15.4. The lowest BCUT2D eigenvalue weighted by atomic mass is 9.92. The van der Waals surface area contributed by atoms with Crippen molar-refractivity contribution < 1.29 is 4.79 Å². The highest BCUT2D eigenvalue weighted by Gasteiger charge is 2.22. The lowest BCUT2D eigenvalue weighted by molar-refractivity contribution is 0.0761. The van der Waals surface area contributed by atoms with Crippen LogP contribution in [0.4, 0.5) is 0 Å². The predicted molar refractivity (Wildman–Crippen MR) is 90.9 cm³/mol. The van der Waals surface area contributed by atoms with Gasteiger partial charge in [-0.1, -0.05) is 30.3 Å². The molecule has 1 atom stereocenters. The second-order valence-corrected chi connectivity index (χ2v) is 6.51. The van der Waals surface area contributed by atoms with Crippen molar-refractivity contribution in [2.45, 2.75) is 25.2 Å². The van der Waals surface area contributed by atoms with Crippen LogP contribution in [-0.2, 0) is 0 Å². The van der Waals surface area contributed by atoms with Crippen LogP contribution >= 0.6 is 15.9 Å². The molecule has 0 saturated carbocycles. The number of benzene rings is 1. The zero-order valence-electron chi connectivity index (χ0n) is 12.4. The third kappa shape index (κ3) is 3.55. The van der Waals surface area contributed by atoms with Gasteiger partial charge in [0.15, 0.2) is 0 Å². The van der Waals surface area contributed by atoms with Gasteiger partial charge in [0, 0.05) is 24.8 Å². The molecule has 1 amide bonds. The number of hydrogen-bond donors (Lipinski definition) is 0. The van der Waals surface area contributed by atoms with Gasteiger partial charge in [-0.15, -0.1) is 0 Å². The number of aromatic nitrogens is 1. The highest BCUT2D eigenvalue weighted by Crippen LogP contribution is 2.28. The lowest BCUT2D eigenvalue weighted by Crippen LogP contribution is -2.32. The summed E-state index contributed by atoms with van der Waals surface area (Å²) < 4.78 is 0.704. The van der Waals surface area contributed by atoms with Crippen LogP contribution in [0.3, 0.4) is 0 Å². The zero-order valence-corrected chi connectivity index (χ0v) is 14.0. The maximum Gasteiger partial charge on any atom is 0.254 e. The molecule has 1 aliphatic heterocycles. The van der Waals surface area contributed by atoms with Gasteiger partial charge in [-0.25, -0.2) is 4.98 Å². The van der Waals surface area contributed by atoms with Gasteiger partial charge in [-0.3, -0.25) is 4.79 Å². The molecule has 0 spiro atoms. The van der Waals surface area contributed by atoms with Crippen molar-refractivity contribution in [2.24, 2.45) is 0 Å². The van der Waals surface area contributed by atoms with Crippen molar-refractivity contribution in [3.8, 4) is 0 Å². The molecule has 114 valence electrons. The van der Waals surface area contributed by atoms with Gasteiger partial charge in [-0.05, 0) is 58.8 Å². The van der Waals surface area contributed by atoms with Crippen LogP contribution in [0.5, 0.6) is 0 Å². The molecule has 0 bridgehead atoms. The van der Waals surface area contributed by atoms with Gasteiger partial charge < -0.3 is 4.90 Å². The standard InChI is InChI=1S/C18H19BrN2O/c19-17-13-16(8-10-20-17)18(22)21-11-4-7-15(9-12-21)14-5-2-1-3-6-14/h1-3,5-6,8,10,13,15H,4,7,9,11-12H2/t15-/m1/s1. The van der Waals surface area contributed by atoms with E-state index in [1.165, 1.54) is 5.56 Å². The first-order valence-corrected chi connectivity index (χ1v) is 8.49. The lowest BCUT2D eigenvalue weighted by Gasteiger charge is -2.21.